The van der Waals surface area contributed by atoms with Crippen molar-refractivity contribution in [2.75, 3.05) is 12.3 Å². The highest BCUT2D eigenvalue weighted by Gasteiger charge is 2.08. The minimum absolute atomic E-state index is 0.0611. The Morgan fingerprint density at radius 3 is 2.65 bits per heavy atom. The highest BCUT2D eigenvalue weighted by Crippen LogP contribution is 2.29. The Morgan fingerprint density at radius 1 is 1.20 bits per heavy atom. The molecule has 0 saturated carbocycles. The molecule has 0 spiro atoms. The normalized spacial score (nSPS) is 10.2. The summed E-state index contributed by atoms with van der Waals surface area (Å²) in [5.74, 6) is 0.776. The van der Waals surface area contributed by atoms with Gasteiger partial charge in [-0.15, -0.1) is 11.8 Å². The first kappa shape index (κ1) is 14.5. The number of carbonyl (C=O) groups excluding carboxylic acids is 1. The zero-order valence-corrected chi connectivity index (χ0v) is 12.2. The number of anilines is 1. The summed E-state index contributed by atoms with van der Waals surface area (Å²) in [6.07, 6.45) is 0. The summed E-state index contributed by atoms with van der Waals surface area (Å²) < 4.78 is 0. The number of nitrogens with two attached hydrogens (primary N) is 1. The molecule has 0 heterocycles. The van der Waals surface area contributed by atoms with Crippen LogP contribution in [0, 0.1) is 0 Å². The van der Waals surface area contributed by atoms with Gasteiger partial charge in [0.2, 0.25) is 0 Å². The van der Waals surface area contributed by atoms with E-state index in [1.807, 2.05) is 31.2 Å². The Balaban J connectivity index is 2.10. The second kappa shape index (κ2) is 7.01. The Bertz CT molecular complexity index is 584. The van der Waals surface area contributed by atoms with Crippen molar-refractivity contribution in [1.82, 2.24) is 5.32 Å². The molecular weight excluding hydrogens is 268 g/mol. The largest absolute Gasteiger partial charge is 0.398 e. The van der Waals surface area contributed by atoms with Crippen LogP contribution in [0.5, 0.6) is 0 Å². The molecule has 0 saturated heterocycles. The molecule has 1 amide bonds. The molecular formula is C16H18N2OS. The van der Waals surface area contributed by atoms with Crippen molar-refractivity contribution in [2.24, 2.45) is 0 Å². The summed E-state index contributed by atoms with van der Waals surface area (Å²) >= 11 is 1.64. The first-order chi connectivity index (χ1) is 9.70. The quantitative estimate of drug-likeness (QED) is 0.655. The molecule has 3 nitrogen and oxygen atoms in total. The van der Waals surface area contributed by atoms with Crippen LogP contribution >= 0.6 is 11.8 Å². The fourth-order valence-electron chi connectivity index (χ4n) is 1.80. The molecule has 20 heavy (non-hydrogen) atoms. The van der Waals surface area contributed by atoms with Gasteiger partial charge in [-0.05, 0) is 30.7 Å². The van der Waals surface area contributed by atoms with E-state index in [0.717, 1.165) is 10.6 Å². The van der Waals surface area contributed by atoms with Gasteiger partial charge in [0, 0.05) is 28.4 Å². The molecule has 2 rings (SSSR count). The van der Waals surface area contributed by atoms with E-state index in [1.54, 1.807) is 23.9 Å². The molecule has 2 aromatic rings. The van der Waals surface area contributed by atoms with Gasteiger partial charge in [0.25, 0.3) is 5.91 Å². The summed E-state index contributed by atoms with van der Waals surface area (Å²) in [6, 6.07) is 15.6. The van der Waals surface area contributed by atoms with Crippen molar-refractivity contribution >= 4 is 23.4 Å². The Kier molecular flexibility index (Phi) is 5.07. The number of hydrogen-bond acceptors (Lipinski definition) is 3. The van der Waals surface area contributed by atoms with E-state index < -0.39 is 0 Å². The number of thioether (sulfide) groups is 1. The Hall–Kier alpha value is -1.94. The zero-order chi connectivity index (χ0) is 14.4. The van der Waals surface area contributed by atoms with Crippen molar-refractivity contribution in [3.63, 3.8) is 0 Å². The molecule has 0 aliphatic heterocycles. The average Bonchev–Trinajstić information content (AvgIpc) is 2.47. The summed E-state index contributed by atoms with van der Waals surface area (Å²) in [6.45, 7) is 2.52. The number of hydrogen-bond donors (Lipinski definition) is 2. The average molecular weight is 286 g/mol. The number of amides is 1. The van der Waals surface area contributed by atoms with E-state index in [-0.39, 0.29) is 5.91 Å². The molecule has 0 fully saturated rings. The molecule has 0 aliphatic carbocycles. The second-order valence-electron chi connectivity index (χ2n) is 4.39. The molecule has 0 bridgehead atoms. The Labute approximate surface area is 123 Å². The maximum Gasteiger partial charge on any atom is 0.251 e. The first-order valence-electron chi connectivity index (χ1n) is 6.55. The summed E-state index contributed by atoms with van der Waals surface area (Å²) in [7, 11) is 0. The lowest BCUT2D eigenvalue weighted by atomic mass is 10.2. The standard InChI is InChI=1S/C16H18N2OS/c1-2-18-16(19)13-8-9-14(17)15(10-13)20-11-12-6-4-3-5-7-12/h3-10H,2,11,17H2,1H3,(H,18,19). The third-order valence-electron chi connectivity index (χ3n) is 2.85. The van der Waals surface area contributed by atoms with Crippen LogP contribution in [0.15, 0.2) is 53.4 Å². The number of nitrogen functional groups attached to an aromatic ring is 1. The number of rotatable bonds is 5. The summed E-state index contributed by atoms with van der Waals surface area (Å²) in [4.78, 5) is 12.8. The summed E-state index contributed by atoms with van der Waals surface area (Å²) in [5, 5.41) is 2.79. The van der Waals surface area contributed by atoms with Crippen LogP contribution in [-0.4, -0.2) is 12.5 Å². The van der Waals surface area contributed by atoms with Crippen molar-refractivity contribution in [2.45, 2.75) is 17.6 Å². The van der Waals surface area contributed by atoms with E-state index in [0.29, 0.717) is 17.8 Å². The van der Waals surface area contributed by atoms with Gasteiger partial charge in [-0.1, -0.05) is 30.3 Å². The lowest BCUT2D eigenvalue weighted by Crippen LogP contribution is -2.22. The van der Waals surface area contributed by atoms with Crippen molar-refractivity contribution in [3.8, 4) is 0 Å². The van der Waals surface area contributed by atoms with Gasteiger partial charge in [0.05, 0.1) is 0 Å². The van der Waals surface area contributed by atoms with Gasteiger partial charge in [-0.2, -0.15) is 0 Å². The topological polar surface area (TPSA) is 55.1 Å². The third kappa shape index (κ3) is 3.78. The number of nitrogens with one attached hydrogen (secondary N) is 1. The second-order valence-corrected chi connectivity index (χ2v) is 5.40. The van der Waals surface area contributed by atoms with Crippen LogP contribution in [0.1, 0.15) is 22.8 Å². The van der Waals surface area contributed by atoms with Crippen LogP contribution < -0.4 is 11.1 Å². The first-order valence-corrected chi connectivity index (χ1v) is 7.53. The van der Waals surface area contributed by atoms with Crippen molar-refractivity contribution in [1.29, 1.82) is 0 Å². The lowest BCUT2D eigenvalue weighted by molar-refractivity contribution is 0.0955. The van der Waals surface area contributed by atoms with Crippen molar-refractivity contribution < 1.29 is 4.79 Å². The number of carbonyl (C=O) groups is 1. The monoisotopic (exact) mass is 286 g/mol. The molecule has 2 aromatic carbocycles. The molecule has 0 atom stereocenters. The number of benzene rings is 2. The smallest absolute Gasteiger partial charge is 0.251 e. The van der Waals surface area contributed by atoms with Gasteiger partial charge >= 0.3 is 0 Å². The maximum absolute atomic E-state index is 11.8. The van der Waals surface area contributed by atoms with Gasteiger partial charge in [0.15, 0.2) is 0 Å². The van der Waals surface area contributed by atoms with Crippen LogP contribution in [0.2, 0.25) is 0 Å². The van der Waals surface area contributed by atoms with Gasteiger partial charge in [0.1, 0.15) is 0 Å². The lowest BCUT2D eigenvalue weighted by Gasteiger charge is -2.08. The highest BCUT2D eigenvalue weighted by atomic mass is 32.2. The molecule has 3 N–H and O–H groups in total. The molecule has 0 radical (unpaired) electrons. The predicted octanol–water partition coefficient (Wildman–Crippen LogP) is 3.31. The maximum atomic E-state index is 11.8. The third-order valence-corrected chi connectivity index (χ3v) is 3.99. The predicted molar refractivity (Wildman–Crippen MR) is 84.9 cm³/mol. The molecule has 0 unspecified atom stereocenters. The molecule has 0 aromatic heterocycles. The summed E-state index contributed by atoms with van der Waals surface area (Å²) in [5.41, 5.74) is 8.57. The van der Waals surface area contributed by atoms with Gasteiger partial charge < -0.3 is 11.1 Å². The van der Waals surface area contributed by atoms with E-state index in [1.165, 1.54) is 5.56 Å². The minimum atomic E-state index is -0.0611. The zero-order valence-electron chi connectivity index (χ0n) is 11.4. The fourth-order valence-corrected chi connectivity index (χ4v) is 2.76. The van der Waals surface area contributed by atoms with Crippen LogP contribution in [0.4, 0.5) is 5.69 Å². The SMILES string of the molecule is CCNC(=O)c1ccc(N)c(SCc2ccccc2)c1. The Morgan fingerprint density at radius 2 is 1.95 bits per heavy atom. The van der Waals surface area contributed by atoms with Crippen LogP contribution in [-0.2, 0) is 5.75 Å². The van der Waals surface area contributed by atoms with E-state index in [2.05, 4.69) is 17.4 Å². The van der Waals surface area contributed by atoms with E-state index in [9.17, 15) is 4.79 Å². The molecule has 4 heteroatoms. The molecule has 0 aliphatic rings. The molecule has 104 valence electrons. The van der Waals surface area contributed by atoms with E-state index >= 15 is 0 Å². The highest BCUT2D eigenvalue weighted by molar-refractivity contribution is 7.98. The van der Waals surface area contributed by atoms with Crippen molar-refractivity contribution in [3.05, 3.63) is 59.7 Å². The minimum Gasteiger partial charge on any atom is -0.398 e. The van der Waals surface area contributed by atoms with Gasteiger partial charge in [-0.25, -0.2) is 0 Å². The van der Waals surface area contributed by atoms with Crippen LogP contribution in [0.3, 0.4) is 0 Å². The fraction of sp³-hybridized carbons (Fsp3) is 0.188. The van der Waals surface area contributed by atoms with Gasteiger partial charge in [-0.3, -0.25) is 4.79 Å². The van der Waals surface area contributed by atoms with Crippen LogP contribution in [0.25, 0.3) is 0 Å². The van der Waals surface area contributed by atoms with E-state index in [4.69, 9.17) is 5.73 Å².